The molecule has 0 aliphatic heterocycles. The minimum atomic E-state index is 0.806. The van der Waals surface area contributed by atoms with Gasteiger partial charge in [0.05, 0.1) is 0 Å². The van der Waals surface area contributed by atoms with E-state index in [1.54, 1.807) is 6.20 Å². The molecule has 2 nitrogen and oxygen atoms in total. The van der Waals surface area contributed by atoms with Crippen LogP contribution >= 0.6 is 12.6 Å². The Morgan fingerprint density at radius 1 is 1.38 bits per heavy atom. The van der Waals surface area contributed by atoms with Gasteiger partial charge in [0.15, 0.2) is 0 Å². The molecule has 0 unspecified atom stereocenters. The first-order chi connectivity index (χ1) is 7.69. The quantitative estimate of drug-likeness (QED) is 0.682. The second kappa shape index (κ2) is 6.28. The molecule has 0 aliphatic carbocycles. The molecule has 0 bridgehead atoms. The van der Waals surface area contributed by atoms with Crippen molar-refractivity contribution in [3.8, 4) is 0 Å². The van der Waals surface area contributed by atoms with E-state index in [2.05, 4.69) is 54.1 Å². The van der Waals surface area contributed by atoms with Gasteiger partial charge in [-0.15, -0.1) is 12.6 Å². The Kier molecular flexibility index (Phi) is 4.99. The third kappa shape index (κ3) is 3.35. The summed E-state index contributed by atoms with van der Waals surface area (Å²) in [5.41, 5.74) is 3.42. The minimum absolute atomic E-state index is 0.806. The van der Waals surface area contributed by atoms with E-state index in [4.69, 9.17) is 0 Å². The van der Waals surface area contributed by atoms with Gasteiger partial charge in [-0.25, -0.2) is 0 Å². The number of benzene rings is 1. The molecule has 16 heavy (non-hydrogen) atoms. The summed E-state index contributed by atoms with van der Waals surface area (Å²) in [5.74, 6) is 0. The lowest BCUT2D eigenvalue weighted by molar-refractivity contribution is 0.872. The van der Waals surface area contributed by atoms with Crippen molar-refractivity contribution in [1.29, 1.82) is 0 Å². The van der Waals surface area contributed by atoms with Crippen molar-refractivity contribution in [1.82, 2.24) is 10.6 Å². The van der Waals surface area contributed by atoms with Crippen LogP contribution in [0.5, 0.6) is 0 Å². The number of hydrogen-bond acceptors (Lipinski definition) is 3. The first-order valence-electron chi connectivity index (χ1n) is 5.20. The normalized spacial score (nSPS) is 11.7. The zero-order valence-corrected chi connectivity index (χ0v) is 10.6. The Labute approximate surface area is 103 Å². The van der Waals surface area contributed by atoms with Crippen molar-refractivity contribution < 1.29 is 0 Å². The molecule has 0 heterocycles. The van der Waals surface area contributed by atoms with E-state index >= 15 is 0 Å². The van der Waals surface area contributed by atoms with E-state index in [0.717, 1.165) is 22.7 Å². The number of hydrogen-bond donors (Lipinski definition) is 3. The average Bonchev–Trinajstić information content (AvgIpc) is 2.35. The predicted molar refractivity (Wildman–Crippen MR) is 74.1 cm³/mol. The molecule has 0 spiro atoms. The lowest BCUT2D eigenvalue weighted by Gasteiger charge is -2.08. The van der Waals surface area contributed by atoms with E-state index in [0.29, 0.717) is 0 Å². The maximum atomic E-state index is 4.48. The van der Waals surface area contributed by atoms with E-state index in [1.165, 1.54) is 5.56 Å². The Balaban J connectivity index is 2.82. The van der Waals surface area contributed by atoms with Crippen LogP contribution in [-0.4, -0.2) is 7.05 Å². The molecule has 0 fully saturated rings. The Morgan fingerprint density at radius 3 is 2.50 bits per heavy atom. The molecule has 0 radical (unpaired) electrons. The lowest BCUT2D eigenvalue weighted by atomic mass is 10.1. The number of thiol groups is 1. The second-order valence-electron chi connectivity index (χ2n) is 3.51. The lowest BCUT2D eigenvalue weighted by Crippen LogP contribution is -2.04. The molecule has 0 amide bonds. The fourth-order valence-corrected chi connectivity index (χ4v) is 1.57. The van der Waals surface area contributed by atoms with Crippen LogP contribution in [0.3, 0.4) is 0 Å². The van der Waals surface area contributed by atoms with Crippen molar-refractivity contribution >= 4 is 17.5 Å². The maximum absolute atomic E-state index is 4.48. The largest absolute Gasteiger partial charge is 0.391 e. The topological polar surface area (TPSA) is 24.1 Å². The molecular formula is C13H18N2S. The van der Waals surface area contributed by atoms with Crippen molar-refractivity contribution in [2.75, 3.05) is 7.05 Å². The van der Waals surface area contributed by atoms with Gasteiger partial charge in [0, 0.05) is 24.2 Å². The van der Waals surface area contributed by atoms with E-state index in [-0.39, 0.29) is 0 Å². The van der Waals surface area contributed by atoms with Crippen LogP contribution in [0.15, 0.2) is 42.7 Å². The first-order valence-corrected chi connectivity index (χ1v) is 5.65. The van der Waals surface area contributed by atoms with Crippen molar-refractivity contribution in [3.05, 3.63) is 53.9 Å². The summed E-state index contributed by atoms with van der Waals surface area (Å²) in [6, 6.07) is 8.32. The predicted octanol–water partition coefficient (Wildman–Crippen LogP) is 2.76. The zero-order chi connectivity index (χ0) is 12.0. The Morgan fingerprint density at radius 2 is 2.00 bits per heavy atom. The van der Waals surface area contributed by atoms with Gasteiger partial charge in [0.1, 0.15) is 0 Å². The van der Waals surface area contributed by atoms with Gasteiger partial charge < -0.3 is 10.6 Å². The summed E-state index contributed by atoms with van der Waals surface area (Å²) in [4.78, 5) is 0.978. The maximum Gasteiger partial charge on any atom is 0.0395 e. The molecule has 0 aliphatic rings. The highest BCUT2D eigenvalue weighted by molar-refractivity contribution is 7.90. The summed E-state index contributed by atoms with van der Waals surface area (Å²) in [7, 11) is 1.90. The fourth-order valence-electron chi connectivity index (χ4n) is 1.31. The number of rotatable bonds is 5. The zero-order valence-electron chi connectivity index (χ0n) is 9.75. The van der Waals surface area contributed by atoms with Gasteiger partial charge in [-0.05, 0) is 24.3 Å². The SMILES string of the molecule is C=CNCc1ccc(/C(S)=C(\C)NC)cc1. The molecular weight excluding hydrogens is 216 g/mol. The Bertz CT molecular complexity index is 379. The Hall–Kier alpha value is -1.35. The average molecular weight is 234 g/mol. The summed E-state index contributed by atoms with van der Waals surface area (Å²) in [6.45, 7) is 6.43. The first kappa shape index (κ1) is 12.7. The van der Waals surface area contributed by atoms with E-state index < -0.39 is 0 Å². The van der Waals surface area contributed by atoms with Crippen LogP contribution < -0.4 is 10.6 Å². The summed E-state index contributed by atoms with van der Waals surface area (Å²) < 4.78 is 0. The van der Waals surface area contributed by atoms with Crippen molar-refractivity contribution in [2.24, 2.45) is 0 Å². The van der Waals surface area contributed by atoms with Crippen LogP contribution in [0.4, 0.5) is 0 Å². The van der Waals surface area contributed by atoms with Gasteiger partial charge in [0.25, 0.3) is 0 Å². The molecule has 1 rings (SSSR count). The van der Waals surface area contributed by atoms with Crippen LogP contribution in [0, 0.1) is 0 Å². The summed E-state index contributed by atoms with van der Waals surface area (Å²) in [5, 5.41) is 6.16. The fraction of sp³-hybridized carbons (Fsp3) is 0.231. The van der Waals surface area contributed by atoms with Crippen molar-refractivity contribution in [2.45, 2.75) is 13.5 Å². The highest BCUT2D eigenvalue weighted by atomic mass is 32.1. The summed E-state index contributed by atoms with van der Waals surface area (Å²) in [6.07, 6.45) is 1.70. The van der Waals surface area contributed by atoms with Crippen LogP contribution in [0.2, 0.25) is 0 Å². The van der Waals surface area contributed by atoms with Crippen LogP contribution in [-0.2, 0) is 6.54 Å². The molecule has 0 atom stereocenters. The molecule has 1 aromatic carbocycles. The van der Waals surface area contributed by atoms with Crippen LogP contribution in [0.1, 0.15) is 18.1 Å². The van der Waals surface area contributed by atoms with E-state index in [9.17, 15) is 0 Å². The molecule has 2 N–H and O–H groups in total. The minimum Gasteiger partial charge on any atom is -0.391 e. The molecule has 0 aromatic heterocycles. The third-order valence-electron chi connectivity index (χ3n) is 2.41. The van der Waals surface area contributed by atoms with Gasteiger partial charge >= 0.3 is 0 Å². The van der Waals surface area contributed by atoms with Gasteiger partial charge in [-0.2, -0.15) is 0 Å². The van der Waals surface area contributed by atoms with E-state index in [1.807, 2.05) is 14.0 Å². The van der Waals surface area contributed by atoms with Gasteiger partial charge in [0.2, 0.25) is 0 Å². The molecule has 0 saturated heterocycles. The van der Waals surface area contributed by atoms with Gasteiger partial charge in [-0.1, -0.05) is 30.8 Å². The second-order valence-corrected chi connectivity index (χ2v) is 3.95. The monoisotopic (exact) mass is 234 g/mol. The number of allylic oxidation sites excluding steroid dienone is 1. The standard InChI is InChI=1S/C13H18N2S/c1-4-15-9-11-5-7-12(8-6-11)13(16)10(2)14-3/h4-8,14-16H,1,9H2,2-3H3/b13-10-. The highest BCUT2D eigenvalue weighted by Gasteiger charge is 2.00. The van der Waals surface area contributed by atoms with Crippen LogP contribution in [0.25, 0.3) is 4.91 Å². The summed E-state index contributed by atoms with van der Waals surface area (Å²) >= 11 is 4.48. The number of nitrogens with one attached hydrogen (secondary N) is 2. The smallest absolute Gasteiger partial charge is 0.0395 e. The highest BCUT2D eigenvalue weighted by Crippen LogP contribution is 2.21. The van der Waals surface area contributed by atoms with Gasteiger partial charge in [-0.3, -0.25) is 0 Å². The third-order valence-corrected chi connectivity index (χ3v) is 3.00. The molecule has 0 saturated carbocycles. The molecule has 86 valence electrons. The molecule has 3 heteroatoms. The van der Waals surface area contributed by atoms with Crippen molar-refractivity contribution in [3.63, 3.8) is 0 Å². The molecule has 1 aromatic rings.